The fourth-order valence-corrected chi connectivity index (χ4v) is 2.32. The van der Waals surface area contributed by atoms with Gasteiger partial charge in [0.25, 0.3) is 0 Å². The molecule has 0 bridgehead atoms. The van der Waals surface area contributed by atoms with E-state index in [0.29, 0.717) is 11.8 Å². The van der Waals surface area contributed by atoms with Crippen molar-refractivity contribution in [3.8, 4) is 0 Å². The molecule has 0 aromatic heterocycles. The highest BCUT2D eigenvalue weighted by molar-refractivity contribution is 5.37. The molecule has 1 heteroatoms. The fourth-order valence-electron chi connectivity index (χ4n) is 2.32. The summed E-state index contributed by atoms with van der Waals surface area (Å²) in [4.78, 5) is 2.46. The van der Waals surface area contributed by atoms with Crippen molar-refractivity contribution in [2.75, 3.05) is 13.1 Å². The predicted octanol–water partition coefficient (Wildman–Crippen LogP) is 4.39. The summed E-state index contributed by atoms with van der Waals surface area (Å²) in [6.07, 6.45) is 6.98. The van der Waals surface area contributed by atoms with E-state index in [1.54, 1.807) is 0 Å². The number of hydrogen-bond acceptors (Lipinski definition) is 1. The van der Waals surface area contributed by atoms with Crippen LogP contribution < -0.4 is 0 Å². The smallest absolute Gasteiger partial charge is 0.0202 e. The first-order valence-electron chi connectivity index (χ1n) is 6.86. The van der Waals surface area contributed by atoms with Crippen LogP contribution in [0, 0.1) is 11.8 Å². The molecule has 0 radical (unpaired) electrons. The third-order valence-electron chi connectivity index (χ3n) is 3.76. The highest BCUT2D eigenvalue weighted by Gasteiger charge is 2.17. The molecule has 1 nitrogen and oxygen atoms in total. The van der Waals surface area contributed by atoms with Crippen LogP contribution in [0.2, 0.25) is 0 Å². The second-order valence-corrected chi connectivity index (χ2v) is 5.20. The van der Waals surface area contributed by atoms with E-state index in [0.717, 1.165) is 13.1 Å². The zero-order valence-electron chi connectivity index (χ0n) is 12.2. The van der Waals surface area contributed by atoms with Crippen LogP contribution in [0.3, 0.4) is 0 Å². The molecule has 0 heterocycles. The lowest BCUT2D eigenvalue weighted by molar-refractivity contribution is 0.349. The lowest BCUT2D eigenvalue weighted by atomic mass is 9.95. The molecule has 96 valence electrons. The molecule has 0 unspecified atom stereocenters. The quantitative estimate of drug-likeness (QED) is 0.696. The SMILES string of the molecule is CCN(CC)C1=CC=C(C(C)C)C=C(C)[C@H]1C. The predicted molar refractivity (Wildman–Crippen MR) is 76.8 cm³/mol. The van der Waals surface area contributed by atoms with Gasteiger partial charge in [0.05, 0.1) is 0 Å². The van der Waals surface area contributed by atoms with E-state index >= 15 is 0 Å². The van der Waals surface area contributed by atoms with Crippen LogP contribution in [0.5, 0.6) is 0 Å². The minimum Gasteiger partial charge on any atom is -0.375 e. The van der Waals surface area contributed by atoms with Gasteiger partial charge in [-0.3, -0.25) is 0 Å². The molecule has 0 aliphatic heterocycles. The number of hydrogen-bond donors (Lipinski definition) is 0. The molecular weight excluding hydrogens is 206 g/mol. The number of nitrogens with zero attached hydrogens (tertiary/aromatic N) is 1. The Bertz CT molecular complexity index is 341. The first-order valence-corrected chi connectivity index (χ1v) is 6.86. The second kappa shape index (κ2) is 6.09. The molecule has 17 heavy (non-hydrogen) atoms. The third-order valence-corrected chi connectivity index (χ3v) is 3.76. The molecule has 1 aliphatic carbocycles. The van der Waals surface area contributed by atoms with Crippen LogP contribution in [0.4, 0.5) is 0 Å². The molecular formula is C16H27N. The van der Waals surface area contributed by atoms with Crippen molar-refractivity contribution in [2.24, 2.45) is 11.8 Å². The van der Waals surface area contributed by atoms with Gasteiger partial charge in [-0.1, -0.05) is 38.5 Å². The van der Waals surface area contributed by atoms with E-state index in [-0.39, 0.29) is 0 Å². The average molecular weight is 233 g/mol. The standard InChI is InChI=1S/C16H27N/c1-7-17(8-2)16-10-9-15(12(3)4)11-13(5)14(16)6/h9-12,14H,7-8H2,1-6H3/t14-/m1/s1. The Hall–Kier alpha value is -0.980. The highest BCUT2D eigenvalue weighted by Crippen LogP contribution is 2.28. The van der Waals surface area contributed by atoms with Crippen LogP contribution in [0.25, 0.3) is 0 Å². The van der Waals surface area contributed by atoms with Crippen LogP contribution in [-0.4, -0.2) is 18.0 Å². The van der Waals surface area contributed by atoms with Crippen molar-refractivity contribution in [2.45, 2.75) is 41.5 Å². The molecule has 0 aromatic carbocycles. The summed E-state index contributed by atoms with van der Waals surface area (Å²) < 4.78 is 0. The molecule has 0 N–H and O–H groups in total. The Labute approximate surface area is 107 Å². The van der Waals surface area contributed by atoms with Gasteiger partial charge in [-0.2, -0.15) is 0 Å². The van der Waals surface area contributed by atoms with Gasteiger partial charge < -0.3 is 4.90 Å². The van der Waals surface area contributed by atoms with Gasteiger partial charge in [-0.15, -0.1) is 0 Å². The Balaban J connectivity index is 3.10. The molecule has 0 saturated heterocycles. The van der Waals surface area contributed by atoms with Crippen molar-refractivity contribution in [1.29, 1.82) is 0 Å². The highest BCUT2D eigenvalue weighted by atomic mass is 15.1. The van der Waals surface area contributed by atoms with Gasteiger partial charge in [0.15, 0.2) is 0 Å². The summed E-state index contributed by atoms with van der Waals surface area (Å²) in [5.74, 6) is 1.13. The molecule has 0 saturated carbocycles. The van der Waals surface area contributed by atoms with Crippen molar-refractivity contribution in [3.05, 3.63) is 35.1 Å². The maximum absolute atomic E-state index is 2.46. The third kappa shape index (κ3) is 3.24. The summed E-state index contributed by atoms with van der Waals surface area (Å²) >= 11 is 0. The van der Waals surface area contributed by atoms with Crippen LogP contribution in [0.15, 0.2) is 35.1 Å². The Morgan fingerprint density at radius 2 is 1.76 bits per heavy atom. The molecule has 0 amide bonds. The van der Waals surface area contributed by atoms with E-state index in [4.69, 9.17) is 0 Å². The van der Waals surface area contributed by atoms with Crippen molar-refractivity contribution in [3.63, 3.8) is 0 Å². The molecule has 0 aromatic rings. The van der Waals surface area contributed by atoms with E-state index in [9.17, 15) is 0 Å². The summed E-state index contributed by atoms with van der Waals surface area (Å²) in [5.41, 5.74) is 4.37. The zero-order valence-corrected chi connectivity index (χ0v) is 12.2. The van der Waals surface area contributed by atoms with Crippen LogP contribution >= 0.6 is 0 Å². The Kier molecular flexibility index (Phi) is 5.04. The van der Waals surface area contributed by atoms with Gasteiger partial charge in [-0.25, -0.2) is 0 Å². The van der Waals surface area contributed by atoms with Gasteiger partial charge in [0.1, 0.15) is 0 Å². The largest absolute Gasteiger partial charge is 0.375 e. The monoisotopic (exact) mass is 233 g/mol. The minimum absolute atomic E-state index is 0.530. The normalized spacial score (nSPS) is 20.6. The average Bonchev–Trinajstić information content (AvgIpc) is 2.44. The van der Waals surface area contributed by atoms with Gasteiger partial charge in [0, 0.05) is 24.7 Å². The summed E-state index contributed by atoms with van der Waals surface area (Å²) in [6.45, 7) is 15.7. The minimum atomic E-state index is 0.530. The van der Waals surface area contributed by atoms with E-state index in [1.807, 2.05) is 0 Å². The van der Waals surface area contributed by atoms with E-state index in [2.05, 4.69) is 64.7 Å². The lowest BCUT2D eigenvalue weighted by Gasteiger charge is -2.29. The molecule has 0 fully saturated rings. The Morgan fingerprint density at radius 3 is 2.24 bits per heavy atom. The maximum Gasteiger partial charge on any atom is 0.0202 e. The summed E-state index contributed by atoms with van der Waals surface area (Å²) in [5, 5.41) is 0. The van der Waals surface area contributed by atoms with E-state index < -0.39 is 0 Å². The zero-order chi connectivity index (χ0) is 13.0. The molecule has 0 spiro atoms. The van der Waals surface area contributed by atoms with Crippen molar-refractivity contribution >= 4 is 0 Å². The topological polar surface area (TPSA) is 3.24 Å². The molecule has 1 atom stereocenters. The number of allylic oxidation sites excluding steroid dienone is 5. The first kappa shape index (κ1) is 14.1. The molecule has 1 aliphatic rings. The van der Waals surface area contributed by atoms with Crippen LogP contribution in [0.1, 0.15) is 41.5 Å². The summed E-state index contributed by atoms with van der Waals surface area (Å²) in [7, 11) is 0. The van der Waals surface area contributed by atoms with Crippen molar-refractivity contribution < 1.29 is 0 Å². The maximum atomic E-state index is 2.46. The van der Waals surface area contributed by atoms with Gasteiger partial charge >= 0.3 is 0 Å². The van der Waals surface area contributed by atoms with Gasteiger partial charge in [-0.05, 0) is 38.3 Å². The second-order valence-electron chi connectivity index (χ2n) is 5.20. The first-order chi connectivity index (χ1) is 8.01. The van der Waals surface area contributed by atoms with Gasteiger partial charge in [0.2, 0.25) is 0 Å². The van der Waals surface area contributed by atoms with E-state index in [1.165, 1.54) is 16.8 Å². The number of rotatable bonds is 4. The summed E-state index contributed by atoms with van der Waals surface area (Å²) in [6, 6.07) is 0. The van der Waals surface area contributed by atoms with Crippen molar-refractivity contribution in [1.82, 2.24) is 4.90 Å². The molecule has 1 rings (SSSR count). The Morgan fingerprint density at radius 1 is 1.18 bits per heavy atom. The lowest BCUT2D eigenvalue weighted by Crippen LogP contribution is -2.26. The van der Waals surface area contributed by atoms with Crippen LogP contribution in [-0.2, 0) is 0 Å². The fraction of sp³-hybridized carbons (Fsp3) is 0.625.